The molecule has 0 aliphatic carbocycles. The van der Waals surface area contributed by atoms with Crippen LogP contribution in [0.5, 0.6) is 34.5 Å². The summed E-state index contributed by atoms with van der Waals surface area (Å²) in [5.74, 6) is 3.88. The van der Waals surface area contributed by atoms with Crippen molar-refractivity contribution in [2.75, 3.05) is 53.7 Å². The lowest BCUT2D eigenvalue weighted by molar-refractivity contribution is 0.0986. The Morgan fingerprint density at radius 2 is 1.14 bits per heavy atom. The highest BCUT2D eigenvalue weighted by molar-refractivity contribution is 9.09. The molecule has 6 rings (SSSR count). The van der Waals surface area contributed by atoms with Gasteiger partial charge in [-0.1, -0.05) is 22.0 Å². The van der Waals surface area contributed by atoms with E-state index in [2.05, 4.69) is 54.6 Å². The number of carbonyl (C=O) groups excluding carboxylic acids is 2. The van der Waals surface area contributed by atoms with E-state index in [-0.39, 0.29) is 23.1 Å². The molecule has 0 radical (unpaired) electrons. The van der Waals surface area contributed by atoms with Gasteiger partial charge in [0.05, 0.1) is 65.8 Å². The third-order valence-corrected chi connectivity index (χ3v) is 9.55. The van der Waals surface area contributed by atoms with E-state index in [1.807, 2.05) is 47.2 Å². The Labute approximate surface area is 358 Å². The first-order chi connectivity index (χ1) is 27.9. The normalized spacial score (nSPS) is 9.84. The molecule has 6 aromatic rings. The summed E-state index contributed by atoms with van der Waals surface area (Å²) in [4.78, 5) is 36.4. The molecule has 0 saturated carbocycles. The van der Waals surface area contributed by atoms with Gasteiger partial charge in [-0.15, -0.1) is 22.7 Å². The zero-order chi connectivity index (χ0) is 42.6. The standard InChI is InChI=1S/C18H16N2O3S.C11H12N2O2S.C10H11BrO3.CH4N2S/c1-22-16-7-6-12(9-17(16)23-2)14-11-24-18(20-14)10-15(21)13-5-3-4-8-19-13;1-14-9-4-3-7(5-10(9)15-2)8-6-16-11(12)13-8;1-13-9-4-3-7(8(12)6-11)5-10(9)14-2;2-1(3)4/h3-9,11H,10H2,1-2H3;3-6H,1-2H3,(H2,12,13);3-5H,6H2,1-2H3;(H4,2,3,4). The number of rotatable bonds is 13. The van der Waals surface area contributed by atoms with Crippen molar-refractivity contribution < 1.29 is 38.0 Å². The minimum absolute atomic E-state index is 0.000000000000000222. The molecule has 3 heterocycles. The van der Waals surface area contributed by atoms with Crippen LogP contribution in [0.4, 0.5) is 5.13 Å². The van der Waals surface area contributed by atoms with Crippen LogP contribution < -0.4 is 45.6 Å². The highest BCUT2D eigenvalue weighted by Gasteiger charge is 2.14. The summed E-state index contributed by atoms with van der Waals surface area (Å²) < 4.78 is 31.1. The molecule has 0 bridgehead atoms. The van der Waals surface area contributed by atoms with Gasteiger partial charge in [0.1, 0.15) is 10.7 Å². The lowest BCUT2D eigenvalue weighted by Gasteiger charge is -2.08. The van der Waals surface area contributed by atoms with Gasteiger partial charge in [0.25, 0.3) is 0 Å². The summed E-state index contributed by atoms with van der Waals surface area (Å²) in [6, 6.07) is 21.7. The van der Waals surface area contributed by atoms with Gasteiger partial charge in [-0.05, 0) is 78.9 Å². The number of methoxy groups -OCH3 is 6. The fraction of sp³-hybridized carbons (Fsp3) is 0.200. The van der Waals surface area contributed by atoms with Gasteiger partial charge < -0.3 is 45.6 Å². The maximum atomic E-state index is 12.2. The molecule has 0 aliphatic heterocycles. The van der Waals surface area contributed by atoms with Crippen molar-refractivity contribution in [3.05, 3.63) is 106 Å². The van der Waals surface area contributed by atoms with E-state index in [4.69, 9.17) is 34.2 Å². The molecule has 3 aromatic heterocycles. The van der Waals surface area contributed by atoms with Gasteiger partial charge >= 0.3 is 0 Å². The minimum atomic E-state index is -0.0381. The van der Waals surface area contributed by atoms with E-state index < -0.39 is 0 Å². The van der Waals surface area contributed by atoms with E-state index in [0.717, 1.165) is 27.5 Å². The number of benzene rings is 3. The number of nitrogens with two attached hydrogens (primary N) is 3. The number of hydrogen-bond acceptors (Lipinski definition) is 15. The summed E-state index contributed by atoms with van der Waals surface area (Å²) >= 11 is 10.1. The molecule has 0 atom stereocenters. The molecule has 58 heavy (non-hydrogen) atoms. The third-order valence-electron chi connectivity index (χ3n) is 7.52. The Morgan fingerprint density at radius 1 is 0.655 bits per heavy atom. The van der Waals surface area contributed by atoms with Crippen molar-refractivity contribution in [1.82, 2.24) is 15.0 Å². The van der Waals surface area contributed by atoms with Crippen molar-refractivity contribution in [2.24, 2.45) is 11.5 Å². The van der Waals surface area contributed by atoms with Crippen LogP contribution in [0.15, 0.2) is 89.8 Å². The molecule has 0 amide bonds. The number of thiazole rings is 2. The second-order valence-electron chi connectivity index (χ2n) is 11.2. The molecule has 3 aromatic carbocycles. The second kappa shape index (κ2) is 24.1. The number of thiocarbonyl (C=S) groups is 1. The van der Waals surface area contributed by atoms with Gasteiger partial charge in [-0.25, -0.2) is 9.97 Å². The highest BCUT2D eigenvalue weighted by Crippen LogP contribution is 2.34. The first-order valence-corrected chi connectivity index (χ1v) is 20.1. The van der Waals surface area contributed by atoms with Gasteiger partial charge in [-0.3, -0.25) is 14.6 Å². The lowest BCUT2D eigenvalue weighted by Crippen LogP contribution is -2.18. The first-order valence-electron chi connectivity index (χ1n) is 16.8. The van der Waals surface area contributed by atoms with E-state index in [0.29, 0.717) is 56.2 Å². The van der Waals surface area contributed by atoms with E-state index >= 15 is 0 Å². The summed E-state index contributed by atoms with van der Waals surface area (Å²) in [5.41, 5.74) is 19.4. The molecular weight excluding hydrogens is 869 g/mol. The first kappa shape index (κ1) is 46.6. The SMILES string of the molecule is COc1ccc(-c2csc(CC(=O)c3ccccn3)n2)cc1OC.COc1ccc(-c2csc(N)n2)cc1OC.COc1ccc(C(=O)CBr)cc1OC.NC(N)=S. The number of carbonyl (C=O) groups is 2. The molecule has 0 spiro atoms. The molecule has 6 N–H and O–H groups in total. The number of hydrogen-bond donors (Lipinski definition) is 3. The molecule has 0 aliphatic rings. The number of ether oxygens (including phenoxy) is 6. The molecule has 0 fully saturated rings. The topological polar surface area (TPSA) is 206 Å². The van der Waals surface area contributed by atoms with Crippen molar-refractivity contribution in [1.29, 1.82) is 0 Å². The Hall–Kier alpha value is -5.82. The summed E-state index contributed by atoms with van der Waals surface area (Å²) in [6.07, 6.45) is 1.86. The number of pyridine rings is 1. The van der Waals surface area contributed by atoms with Crippen LogP contribution >= 0.6 is 50.8 Å². The Kier molecular flexibility index (Phi) is 19.3. The van der Waals surface area contributed by atoms with E-state index in [9.17, 15) is 9.59 Å². The molecule has 306 valence electrons. The van der Waals surface area contributed by atoms with E-state index in [1.165, 1.54) is 22.7 Å². The predicted molar refractivity (Wildman–Crippen MR) is 237 cm³/mol. The smallest absolute Gasteiger partial charge is 0.187 e. The van der Waals surface area contributed by atoms with Crippen LogP contribution in [-0.2, 0) is 6.42 Å². The number of ketones is 2. The number of nitrogens with zero attached hydrogens (tertiary/aromatic N) is 3. The highest BCUT2D eigenvalue weighted by atomic mass is 79.9. The summed E-state index contributed by atoms with van der Waals surface area (Å²) in [5, 5.41) is 5.47. The number of aromatic nitrogens is 3. The number of halogens is 1. The van der Waals surface area contributed by atoms with Crippen molar-refractivity contribution in [2.45, 2.75) is 6.42 Å². The maximum absolute atomic E-state index is 12.2. The van der Waals surface area contributed by atoms with E-state index in [1.54, 1.807) is 85.3 Å². The van der Waals surface area contributed by atoms with Crippen molar-refractivity contribution in [3.63, 3.8) is 0 Å². The molecular formula is C40H43BrN6O8S3. The molecule has 14 nitrogen and oxygen atoms in total. The second-order valence-corrected chi connectivity index (χ2v) is 14.0. The van der Waals surface area contributed by atoms with Crippen molar-refractivity contribution >= 4 is 72.6 Å². The maximum Gasteiger partial charge on any atom is 0.187 e. The quantitative estimate of drug-likeness (QED) is 0.0582. The number of nitrogen functional groups attached to an aromatic ring is 1. The summed E-state index contributed by atoms with van der Waals surface area (Å²) in [6.45, 7) is 0. The molecule has 18 heteroatoms. The zero-order valence-corrected chi connectivity index (χ0v) is 36.6. The van der Waals surface area contributed by atoms with Gasteiger partial charge in [0, 0.05) is 33.6 Å². The van der Waals surface area contributed by atoms with Crippen LogP contribution in [0, 0.1) is 0 Å². The Balaban J connectivity index is 0.000000231. The minimum Gasteiger partial charge on any atom is -0.493 e. The van der Waals surface area contributed by atoms with Crippen LogP contribution in [0.25, 0.3) is 22.5 Å². The fourth-order valence-corrected chi connectivity index (χ4v) is 6.48. The largest absolute Gasteiger partial charge is 0.493 e. The predicted octanol–water partition coefficient (Wildman–Crippen LogP) is 7.53. The number of anilines is 1. The molecule has 0 unspecified atom stereocenters. The van der Waals surface area contributed by atoms with Crippen LogP contribution in [0.2, 0.25) is 0 Å². The summed E-state index contributed by atoms with van der Waals surface area (Å²) in [7, 11) is 9.51. The van der Waals surface area contributed by atoms with Crippen LogP contribution in [0.1, 0.15) is 25.9 Å². The average molecular weight is 912 g/mol. The lowest BCUT2D eigenvalue weighted by atomic mass is 10.1. The van der Waals surface area contributed by atoms with Gasteiger partial charge in [0.15, 0.2) is 56.3 Å². The fourth-order valence-electron chi connectivity index (χ4n) is 4.78. The Bertz CT molecular complexity index is 2250. The average Bonchev–Trinajstić information content (AvgIpc) is 3.92. The third kappa shape index (κ3) is 14.0. The number of alkyl halides is 1. The van der Waals surface area contributed by atoms with Crippen molar-refractivity contribution in [3.8, 4) is 57.0 Å². The van der Waals surface area contributed by atoms with Gasteiger partial charge in [-0.2, -0.15) is 0 Å². The molecule has 0 saturated heterocycles. The Morgan fingerprint density at radius 3 is 1.59 bits per heavy atom. The van der Waals surface area contributed by atoms with Gasteiger partial charge in [0.2, 0.25) is 0 Å². The van der Waals surface area contributed by atoms with Crippen LogP contribution in [0.3, 0.4) is 0 Å². The monoisotopic (exact) mass is 910 g/mol. The zero-order valence-electron chi connectivity index (χ0n) is 32.5. The number of Topliss-reactive ketones (excluding diaryl/α,β-unsaturated/α-hetero) is 2. The van der Waals surface area contributed by atoms with Crippen LogP contribution in [-0.4, -0.2) is 79.6 Å².